The number of anilines is 2. The number of fused-ring (bicyclic) bond motifs is 1. The molecule has 3 aromatic rings. The number of aromatic nitrogens is 3. The highest BCUT2D eigenvalue weighted by Crippen LogP contribution is 2.24. The molecule has 1 N–H and O–H groups in total. The van der Waals surface area contributed by atoms with Crippen molar-refractivity contribution >= 4 is 34.2 Å². The first-order valence-electron chi connectivity index (χ1n) is 9.15. The summed E-state index contributed by atoms with van der Waals surface area (Å²) in [5, 5.41) is 3.00. The van der Waals surface area contributed by atoms with Crippen LogP contribution in [0.25, 0.3) is 11.0 Å². The van der Waals surface area contributed by atoms with Gasteiger partial charge in [-0.1, -0.05) is 6.07 Å². The number of aryl methyl sites for hydroxylation is 1. The second kappa shape index (κ2) is 7.01. The van der Waals surface area contributed by atoms with E-state index in [4.69, 9.17) is 0 Å². The molecule has 1 aliphatic rings. The number of carbonyl (C=O) groups is 2. The maximum absolute atomic E-state index is 12.7. The molecule has 0 unspecified atom stereocenters. The third kappa shape index (κ3) is 3.20. The van der Waals surface area contributed by atoms with Gasteiger partial charge in [-0.05, 0) is 36.8 Å². The average Bonchev–Trinajstić information content (AvgIpc) is 3.16. The van der Waals surface area contributed by atoms with E-state index >= 15 is 0 Å². The molecule has 0 aliphatic carbocycles. The van der Waals surface area contributed by atoms with Crippen LogP contribution in [0.1, 0.15) is 23.3 Å². The number of nitrogens with zero attached hydrogens (tertiary/aromatic N) is 4. The summed E-state index contributed by atoms with van der Waals surface area (Å²) in [7, 11) is 2.89. The molecular formula is C20H19N5O4. The summed E-state index contributed by atoms with van der Waals surface area (Å²) in [6.45, 7) is 0.658. The number of benzene rings is 1. The minimum atomic E-state index is -0.518. The molecule has 9 nitrogen and oxygen atoms in total. The quantitative estimate of drug-likeness (QED) is 0.715. The number of hydrogen-bond donors (Lipinski definition) is 1. The number of pyridine rings is 1. The normalized spacial score (nSPS) is 13.9. The molecule has 0 radical (unpaired) electrons. The van der Waals surface area contributed by atoms with Crippen LogP contribution in [0, 0.1) is 0 Å². The van der Waals surface area contributed by atoms with Crippen LogP contribution in [0.5, 0.6) is 0 Å². The fourth-order valence-corrected chi connectivity index (χ4v) is 3.45. The van der Waals surface area contributed by atoms with Crippen LogP contribution in [-0.2, 0) is 18.9 Å². The first-order chi connectivity index (χ1) is 13.9. The highest BCUT2D eigenvalue weighted by atomic mass is 16.2. The Kier molecular flexibility index (Phi) is 4.50. The monoisotopic (exact) mass is 393 g/mol. The van der Waals surface area contributed by atoms with Gasteiger partial charge in [-0.25, -0.2) is 9.78 Å². The molecule has 1 fully saturated rings. The van der Waals surface area contributed by atoms with Crippen molar-refractivity contribution < 1.29 is 9.59 Å². The van der Waals surface area contributed by atoms with Crippen molar-refractivity contribution in [2.45, 2.75) is 12.8 Å². The highest BCUT2D eigenvalue weighted by Gasteiger charge is 2.22. The van der Waals surface area contributed by atoms with Gasteiger partial charge in [0.05, 0.1) is 5.39 Å². The first-order valence-corrected chi connectivity index (χ1v) is 9.15. The van der Waals surface area contributed by atoms with Crippen molar-refractivity contribution in [3.05, 3.63) is 62.9 Å². The van der Waals surface area contributed by atoms with Gasteiger partial charge in [0.25, 0.3) is 11.5 Å². The van der Waals surface area contributed by atoms with E-state index in [1.807, 2.05) is 6.07 Å². The molecule has 148 valence electrons. The van der Waals surface area contributed by atoms with Gasteiger partial charge in [0.1, 0.15) is 11.3 Å². The molecule has 0 atom stereocenters. The fraction of sp³-hybridized carbons (Fsp3) is 0.250. The maximum Gasteiger partial charge on any atom is 0.332 e. The van der Waals surface area contributed by atoms with E-state index < -0.39 is 17.2 Å². The zero-order valence-corrected chi connectivity index (χ0v) is 16.0. The molecule has 3 heterocycles. The Labute approximate surface area is 165 Å². The standard InChI is InChI=1S/C20H19N5O4/c1-23-17-14(19(28)24(2)20(23)29)8-9-15(22-17)18(27)21-12-5-3-6-13(11-12)25-10-4-7-16(25)26/h3,5-6,8-9,11H,4,7,10H2,1-2H3,(H,21,27). The van der Waals surface area contributed by atoms with Crippen molar-refractivity contribution in [1.82, 2.24) is 14.1 Å². The minimum absolute atomic E-state index is 0.0622. The predicted molar refractivity (Wildman–Crippen MR) is 108 cm³/mol. The summed E-state index contributed by atoms with van der Waals surface area (Å²) in [4.78, 5) is 54.9. The Bertz CT molecular complexity index is 1270. The van der Waals surface area contributed by atoms with E-state index in [1.54, 1.807) is 23.1 Å². The molecule has 1 saturated heterocycles. The second-order valence-corrected chi connectivity index (χ2v) is 6.93. The number of hydrogen-bond acceptors (Lipinski definition) is 5. The van der Waals surface area contributed by atoms with E-state index in [1.165, 1.54) is 30.8 Å². The Morgan fingerprint density at radius 2 is 1.86 bits per heavy atom. The van der Waals surface area contributed by atoms with Crippen LogP contribution in [0.15, 0.2) is 46.0 Å². The summed E-state index contributed by atoms with van der Waals surface area (Å²) in [6.07, 6.45) is 1.34. The lowest BCUT2D eigenvalue weighted by Crippen LogP contribution is -2.37. The summed E-state index contributed by atoms with van der Waals surface area (Å²) in [6, 6.07) is 9.95. The van der Waals surface area contributed by atoms with Crippen molar-refractivity contribution in [2.75, 3.05) is 16.8 Å². The van der Waals surface area contributed by atoms with Gasteiger partial charge >= 0.3 is 5.69 Å². The average molecular weight is 393 g/mol. The molecule has 2 amide bonds. The molecule has 4 rings (SSSR count). The molecule has 0 bridgehead atoms. The Morgan fingerprint density at radius 3 is 2.59 bits per heavy atom. The van der Waals surface area contributed by atoms with Crippen LogP contribution in [0.4, 0.5) is 11.4 Å². The van der Waals surface area contributed by atoms with E-state index in [0.717, 1.165) is 16.7 Å². The van der Waals surface area contributed by atoms with E-state index in [0.29, 0.717) is 18.7 Å². The number of nitrogens with one attached hydrogen (secondary N) is 1. The SMILES string of the molecule is Cn1c(=O)c2ccc(C(=O)Nc3cccc(N4CCCC4=O)c3)nc2n(C)c1=O. The number of rotatable bonds is 3. The fourth-order valence-electron chi connectivity index (χ4n) is 3.45. The van der Waals surface area contributed by atoms with Crippen molar-refractivity contribution in [3.63, 3.8) is 0 Å². The van der Waals surface area contributed by atoms with Gasteiger partial charge in [-0.3, -0.25) is 23.5 Å². The largest absolute Gasteiger partial charge is 0.332 e. The summed E-state index contributed by atoms with van der Waals surface area (Å²) in [5.41, 5.74) is 0.473. The summed E-state index contributed by atoms with van der Waals surface area (Å²) < 4.78 is 2.22. The van der Waals surface area contributed by atoms with E-state index in [-0.39, 0.29) is 22.6 Å². The zero-order chi connectivity index (χ0) is 20.7. The third-order valence-corrected chi connectivity index (χ3v) is 5.02. The van der Waals surface area contributed by atoms with Crippen molar-refractivity contribution in [2.24, 2.45) is 14.1 Å². The van der Waals surface area contributed by atoms with Gasteiger partial charge in [-0.15, -0.1) is 0 Å². The Morgan fingerprint density at radius 1 is 1.07 bits per heavy atom. The number of carbonyl (C=O) groups excluding carboxylic acids is 2. The van der Waals surface area contributed by atoms with Crippen LogP contribution >= 0.6 is 0 Å². The highest BCUT2D eigenvalue weighted by molar-refractivity contribution is 6.04. The van der Waals surface area contributed by atoms with Gasteiger partial charge in [0.2, 0.25) is 5.91 Å². The van der Waals surface area contributed by atoms with Crippen LogP contribution in [-0.4, -0.2) is 32.5 Å². The summed E-state index contributed by atoms with van der Waals surface area (Å²) in [5.74, 6) is -0.419. The Hall–Kier alpha value is -3.75. The third-order valence-electron chi connectivity index (χ3n) is 5.02. The molecule has 1 aliphatic heterocycles. The second-order valence-electron chi connectivity index (χ2n) is 6.93. The summed E-state index contributed by atoms with van der Waals surface area (Å²) >= 11 is 0. The number of amides is 2. The maximum atomic E-state index is 12.7. The molecular weight excluding hydrogens is 374 g/mol. The molecule has 0 spiro atoms. The molecule has 1 aromatic carbocycles. The minimum Gasteiger partial charge on any atom is -0.321 e. The predicted octanol–water partition coefficient (Wildman–Crippen LogP) is 1.01. The lowest BCUT2D eigenvalue weighted by atomic mass is 10.2. The smallest absolute Gasteiger partial charge is 0.321 e. The Balaban J connectivity index is 1.66. The van der Waals surface area contributed by atoms with Gasteiger partial charge in [0.15, 0.2) is 0 Å². The van der Waals surface area contributed by atoms with E-state index in [2.05, 4.69) is 10.3 Å². The van der Waals surface area contributed by atoms with Crippen LogP contribution < -0.4 is 21.5 Å². The molecule has 29 heavy (non-hydrogen) atoms. The van der Waals surface area contributed by atoms with Gasteiger partial charge in [0, 0.05) is 38.4 Å². The van der Waals surface area contributed by atoms with Crippen LogP contribution in [0.3, 0.4) is 0 Å². The van der Waals surface area contributed by atoms with Crippen molar-refractivity contribution in [1.29, 1.82) is 0 Å². The topological polar surface area (TPSA) is 106 Å². The van der Waals surface area contributed by atoms with Crippen molar-refractivity contribution in [3.8, 4) is 0 Å². The molecule has 9 heteroatoms. The molecule has 2 aromatic heterocycles. The first kappa shape index (κ1) is 18.6. The molecule has 0 saturated carbocycles. The lowest BCUT2D eigenvalue weighted by molar-refractivity contribution is -0.117. The van der Waals surface area contributed by atoms with Gasteiger partial charge < -0.3 is 10.2 Å². The van der Waals surface area contributed by atoms with E-state index in [9.17, 15) is 19.2 Å². The van der Waals surface area contributed by atoms with Gasteiger partial charge in [-0.2, -0.15) is 0 Å². The van der Waals surface area contributed by atoms with Crippen LogP contribution in [0.2, 0.25) is 0 Å². The lowest BCUT2D eigenvalue weighted by Gasteiger charge is -2.16. The zero-order valence-electron chi connectivity index (χ0n) is 16.0.